The average Bonchev–Trinajstić information content (AvgIpc) is 3.68. The minimum atomic E-state index is -0.187. The molecule has 1 aromatic heterocycles. The molecule has 1 unspecified atom stereocenters. The van der Waals surface area contributed by atoms with Gasteiger partial charge in [-0.15, -0.1) is 0 Å². The van der Waals surface area contributed by atoms with Crippen molar-refractivity contribution in [2.75, 3.05) is 13.2 Å². The lowest BCUT2D eigenvalue weighted by molar-refractivity contribution is 0.0366. The molecule has 1 aliphatic carbocycles. The van der Waals surface area contributed by atoms with Crippen LogP contribution in [0.2, 0.25) is 0 Å². The van der Waals surface area contributed by atoms with Gasteiger partial charge in [-0.3, -0.25) is 4.98 Å². The average molecular weight is 522 g/mol. The zero-order valence-electron chi connectivity index (χ0n) is 23.9. The van der Waals surface area contributed by atoms with Gasteiger partial charge in [-0.2, -0.15) is 0 Å². The van der Waals surface area contributed by atoms with E-state index in [0.29, 0.717) is 0 Å². The summed E-state index contributed by atoms with van der Waals surface area (Å²) < 4.78 is 17.9. The van der Waals surface area contributed by atoms with Crippen molar-refractivity contribution in [3.63, 3.8) is 0 Å². The predicted molar refractivity (Wildman–Crippen MR) is 157 cm³/mol. The molecule has 4 rings (SSSR count). The second-order valence-corrected chi connectivity index (χ2v) is 11.5. The number of aromatic nitrogens is 1. The summed E-state index contributed by atoms with van der Waals surface area (Å²) in [7, 11) is 0. The maximum Gasteiger partial charge on any atom is 0.241 e. The molecule has 0 N–H and O–H groups in total. The van der Waals surface area contributed by atoms with E-state index in [4.69, 9.17) is 19.2 Å². The van der Waals surface area contributed by atoms with E-state index in [-0.39, 0.29) is 6.29 Å². The predicted octanol–water partition coefficient (Wildman–Crippen LogP) is 9.69. The molecule has 1 atom stereocenters. The summed E-state index contributed by atoms with van der Waals surface area (Å²) >= 11 is 0. The van der Waals surface area contributed by atoms with Gasteiger partial charge in [0.15, 0.2) is 11.5 Å². The first-order valence-electron chi connectivity index (χ1n) is 15.8. The maximum atomic E-state index is 6.10. The van der Waals surface area contributed by atoms with Crippen molar-refractivity contribution < 1.29 is 14.2 Å². The van der Waals surface area contributed by atoms with Crippen LogP contribution in [0.3, 0.4) is 0 Å². The third kappa shape index (κ3) is 10.6. The Labute approximate surface area is 231 Å². The van der Waals surface area contributed by atoms with Crippen molar-refractivity contribution >= 4 is 0 Å². The van der Waals surface area contributed by atoms with Crippen molar-refractivity contribution in [2.45, 2.75) is 129 Å². The second-order valence-electron chi connectivity index (χ2n) is 11.5. The molecule has 1 saturated carbocycles. The van der Waals surface area contributed by atoms with Gasteiger partial charge in [-0.05, 0) is 61.8 Å². The highest BCUT2D eigenvalue weighted by Crippen LogP contribution is 2.39. The third-order valence-corrected chi connectivity index (χ3v) is 7.98. The highest BCUT2D eigenvalue weighted by Gasteiger charge is 2.24. The van der Waals surface area contributed by atoms with E-state index in [1.54, 1.807) is 0 Å². The van der Waals surface area contributed by atoms with Crippen LogP contribution >= 0.6 is 0 Å². The highest BCUT2D eigenvalue weighted by atomic mass is 16.7. The Bertz CT molecular complexity index is 908. The lowest BCUT2D eigenvalue weighted by atomic mass is 10.0. The Balaban J connectivity index is 1.07. The van der Waals surface area contributed by atoms with Gasteiger partial charge in [0.25, 0.3) is 0 Å². The molecular formula is C34H51NO3. The summed E-state index contributed by atoms with van der Waals surface area (Å²) in [6.07, 6.45) is 25.1. The fraction of sp³-hybridized carbons (Fsp3) is 0.676. The zero-order valence-corrected chi connectivity index (χ0v) is 23.9. The van der Waals surface area contributed by atoms with E-state index in [2.05, 4.69) is 31.2 Å². The Morgan fingerprint density at radius 1 is 0.711 bits per heavy atom. The first-order chi connectivity index (χ1) is 18.8. The smallest absolute Gasteiger partial charge is 0.241 e. The van der Waals surface area contributed by atoms with E-state index in [1.165, 1.54) is 95.6 Å². The van der Waals surface area contributed by atoms with Crippen molar-refractivity contribution in [3.8, 4) is 22.6 Å². The number of pyridine rings is 1. The molecular weight excluding hydrogens is 470 g/mol. The summed E-state index contributed by atoms with van der Waals surface area (Å²) in [5.41, 5.74) is 3.46. The Hall–Kier alpha value is -2.07. The van der Waals surface area contributed by atoms with Crippen LogP contribution in [0.1, 0.15) is 122 Å². The molecule has 0 spiro atoms. The Morgan fingerprint density at radius 2 is 1.39 bits per heavy atom. The number of aryl methyl sites for hydroxylation is 1. The van der Waals surface area contributed by atoms with Crippen molar-refractivity contribution in [1.82, 2.24) is 4.98 Å². The molecule has 0 amide bonds. The van der Waals surface area contributed by atoms with Crippen LogP contribution in [-0.4, -0.2) is 24.5 Å². The number of nitrogens with zero attached hydrogens (tertiary/aromatic N) is 1. The monoisotopic (exact) mass is 521 g/mol. The number of rotatable bonds is 21. The number of fused-ring (bicyclic) bond motifs is 1. The molecule has 4 heteroatoms. The zero-order chi connectivity index (χ0) is 26.3. The minimum Gasteiger partial charge on any atom is -0.451 e. The lowest BCUT2D eigenvalue weighted by Crippen LogP contribution is -2.17. The van der Waals surface area contributed by atoms with E-state index in [1.807, 2.05) is 12.3 Å². The minimum absolute atomic E-state index is 0.187. The van der Waals surface area contributed by atoms with Crippen molar-refractivity contribution in [2.24, 2.45) is 5.92 Å². The molecule has 0 bridgehead atoms. The van der Waals surface area contributed by atoms with Crippen LogP contribution in [0, 0.1) is 5.92 Å². The lowest BCUT2D eigenvalue weighted by Gasteiger charge is -2.10. The number of unbranched alkanes of at least 4 members (excludes halogenated alkanes) is 10. The molecule has 2 aromatic rings. The van der Waals surface area contributed by atoms with E-state index in [0.717, 1.165) is 67.4 Å². The van der Waals surface area contributed by atoms with Gasteiger partial charge in [0, 0.05) is 37.1 Å². The molecule has 0 saturated heterocycles. The standard InChI is InChI=1S/C34H51NO3/c1-2-3-4-13-24-36-25-14-12-17-34-37-32-23-21-29(26-33(32)38-34)30-20-22-31(35-27-30)16-11-9-7-5-6-8-10-15-28-18-19-28/h20-23,26-28,34H,2-19,24-25H2,1H3. The quantitative estimate of drug-likeness (QED) is 0.153. The van der Waals surface area contributed by atoms with Gasteiger partial charge >= 0.3 is 0 Å². The van der Waals surface area contributed by atoms with Crippen LogP contribution in [0.15, 0.2) is 36.5 Å². The normalized spacial score (nSPS) is 16.3. The summed E-state index contributed by atoms with van der Waals surface area (Å²) in [5, 5.41) is 0. The Morgan fingerprint density at radius 3 is 2.16 bits per heavy atom. The molecule has 210 valence electrons. The van der Waals surface area contributed by atoms with Crippen LogP contribution in [-0.2, 0) is 11.2 Å². The molecule has 1 aliphatic heterocycles. The summed E-state index contributed by atoms with van der Waals surface area (Å²) in [6, 6.07) is 10.6. The van der Waals surface area contributed by atoms with E-state index >= 15 is 0 Å². The topological polar surface area (TPSA) is 40.6 Å². The van der Waals surface area contributed by atoms with E-state index < -0.39 is 0 Å². The first kappa shape index (κ1) is 28.9. The largest absolute Gasteiger partial charge is 0.451 e. The number of hydrogen-bond donors (Lipinski definition) is 0. The molecule has 0 radical (unpaired) electrons. The summed E-state index contributed by atoms with van der Waals surface area (Å²) in [4.78, 5) is 4.75. The number of benzene rings is 1. The van der Waals surface area contributed by atoms with Crippen LogP contribution in [0.5, 0.6) is 11.5 Å². The number of ether oxygens (including phenoxy) is 3. The number of hydrogen-bond acceptors (Lipinski definition) is 4. The van der Waals surface area contributed by atoms with Gasteiger partial charge in [0.05, 0.1) is 0 Å². The van der Waals surface area contributed by atoms with Crippen molar-refractivity contribution in [3.05, 3.63) is 42.2 Å². The Kier molecular flexibility index (Phi) is 12.8. The summed E-state index contributed by atoms with van der Waals surface area (Å²) in [6.45, 7) is 3.96. The SMILES string of the molecule is CCCCCCOCCCCC1Oc2ccc(-c3ccc(CCCCCCCCCC4CC4)nc3)cc2O1. The molecule has 38 heavy (non-hydrogen) atoms. The van der Waals surface area contributed by atoms with Gasteiger partial charge < -0.3 is 14.2 Å². The van der Waals surface area contributed by atoms with Gasteiger partial charge in [0.2, 0.25) is 6.29 Å². The highest BCUT2D eigenvalue weighted by molar-refractivity contribution is 5.67. The fourth-order valence-electron chi connectivity index (χ4n) is 5.32. The van der Waals surface area contributed by atoms with Gasteiger partial charge in [0.1, 0.15) is 0 Å². The van der Waals surface area contributed by atoms with Crippen molar-refractivity contribution in [1.29, 1.82) is 0 Å². The van der Waals surface area contributed by atoms with E-state index in [9.17, 15) is 0 Å². The van der Waals surface area contributed by atoms with Gasteiger partial charge in [-0.1, -0.05) is 96.1 Å². The molecule has 1 aromatic carbocycles. The third-order valence-electron chi connectivity index (χ3n) is 7.98. The molecule has 1 fully saturated rings. The maximum absolute atomic E-state index is 6.10. The first-order valence-corrected chi connectivity index (χ1v) is 15.8. The molecule has 2 aliphatic rings. The van der Waals surface area contributed by atoms with Crippen LogP contribution in [0.25, 0.3) is 11.1 Å². The van der Waals surface area contributed by atoms with Gasteiger partial charge in [-0.25, -0.2) is 0 Å². The fourth-order valence-corrected chi connectivity index (χ4v) is 5.32. The summed E-state index contributed by atoms with van der Waals surface area (Å²) in [5.74, 6) is 2.79. The van der Waals surface area contributed by atoms with Crippen LogP contribution < -0.4 is 9.47 Å². The molecule has 4 nitrogen and oxygen atoms in total. The second kappa shape index (κ2) is 16.8. The molecule has 2 heterocycles. The van der Waals surface area contributed by atoms with Crippen LogP contribution in [0.4, 0.5) is 0 Å².